The van der Waals surface area contributed by atoms with Crippen LogP contribution in [0.3, 0.4) is 0 Å². The molecule has 3 rings (SSSR count). The molecule has 0 spiro atoms. The van der Waals surface area contributed by atoms with Crippen LogP contribution in [0.15, 0.2) is 49.6 Å². The Morgan fingerprint density at radius 3 is 2.75 bits per heavy atom. The number of aromatic amines is 1. The van der Waals surface area contributed by atoms with Crippen molar-refractivity contribution in [1.82, 2.24) is 14.6 Å². The number of benzene rings is 1. The summed E-state index contributed by atoms with van der Waals surface area (Å²) in [6.45, 7) is 2.56. The molecule has 1 aliphatic heterocycles. The van der Waals surface area contributed by atoms with Crippen LogP contribution in [-0.4, -0.2) is 47.4 Å². The Labute approximate surface area is 213 Å². The fourth-order valence-electron chi connectivity index (χ4n) is 3.39. The van der Waals surface area contributed by atoms with Crippen LogP contribution >= 0.6 is 23.7 Å². The van der Waals surface area contributed by atoms with Crippen LogP contribution in [-0.2, 0) is 23.4 Å². The fraction of sp³-hybridized carbons (Fsp3) is 0.450. The number of nitrogens with one attached hydrogen (secondary N) is 2. The summed E-state index contributed by atoms with van der Waals surface area (Å²) in [5.41, 5.74) is 8.04. The Hall–Kier alpha value is -2.93. The number of azide groups is 1. The maximum Gasteiger partial charge on any atom is 0.459 e. The third kappa shape index (κ3) is 6.84. The molecule has 0 amide bonds. The second-order valence-electron chi connectivity index (χ2n) is 7.83. The van der Waals surface area contributed by atoms with Crippen molar-refractivity contribution in [2.24, 2.45) is 5.11 Å². The number of aryl methyl sites for hydroxylation is 1. The number of carbonyl (C=O) groups excluding carboxylic acids is 1. The molecule has 1 fully saturated rings. The van der Waals surface area contributed by atoms with E-state index < -0.39 is 49.4 Å². The number of ether oxygens (including phenoxy) is 2. The van der Waals surface area contributed by atoms with Crippen molar-refractivity contribution in [3.05, 3.63) is 71.8 Å². The molecule has 0 radical (unpaired) electrons. The van der Waals surface area contributed by atoms with Gasteiger partial charge in [-0.3, -0.25) is 23.7 Å². The summed E-state index contributed by atoms with van der Waals surface area (Å²) in [4.78, 5) is 40.9. The first kappa shape index (κ1) is 27.7. The number of methoxy groups -OCH3 is 1. The number of rotatable bonds is 10. The van der Waals surface area contributed by atoms with Crippen LogP contribution in [0.2, 0.25) is 0 Å². The van der Waals surface area contributed by atoms with Crippen molar-refractivity contribution in [2.75, 3.05) is 13.7 Å². The van der Waals surface area contributed by atoms with Crippen LogP contribution in [0.1, 0.15) is 25.1 Å². The Kier molecular flexibility index (Phi) is 9.12. The molecule has 0 aliphatic carbocycles. The van der Waals surface area contributed by atoms with Gasteiger partial charge in [0.05, 0.1) is 25.9 Å². The van der Waals surface area contributed by atoms with E-state index in [1.165, 1.54) is 31.7 Å². The molecule has 1 saturated heterocycles. The van der Waals surface area contributed by atoms with Gasteiger partial charge in [-0.1, -0.05) is 21.0 Å². The number of hydrogen-bond donors (Lipinski definition) is 2. The molecular formula is C20H24BrN6O8P. The SMILES string of the molecule is COC(=O)C(C)NP(=O)(OCC1OC(n2cc(C)c(=O)[nH]c2=O)CC1N=[N+]=[N-])Oc1ccc(Br)cc1. The van der Waals surface area contributed by atoms with Crippen LogP contribution in [0.25, 0.3) is 10.4 Å². The van der Waals surface area contributed by atoms with E-state index in [9.17, 15) is 18.9 Å². The molecule has 2 N–H and O–H groups in total. The van der Waals surface area contributed by atoms with E-state index in [-0.39, 0.29) is 24.3 Å². The van der Waals surface area contributed by atoms with E-state index in [0.717, 1.165) is 4.47 Å². The van der Waals surface area contributed by atoms with Crippen LogP contribution < -0.4 is 20.9 Å². The maximum atomic E-state index is 13.6. The van der Waals surface area contributed by atoms with Crippen molar-refractivity contribution in [1.29, 1.82) is 0 Å². The summed E-state index contributed by atoms with van der Waals surface area (Å²) in [6, 6.07) is 4.56. The van der Waals surface area contributed by atoms with Crippen LogP contribution in [0.4, 0.5) is 0 Å². The van der Waals surface area contributed by atoms with E-state index in [0.29, 0.717) is 0 Å². The molecule has 0 saturated carbocycles. The monoisotopic (exact) mass is 586 g/mol. The van der Waals surface area contributed by atoms with Gasteiger partial charge in [0, 0.05) is 27.6 Å². The minimum absolute atomic E-state index is 0.0906. The molecule has 5 atom stereocenters. The molecule has 2 aromatic rings. The largest absolute Gasteiger partial charge is 0.468 e. The normalized spacial score (nSPS) is 21.7. The maximum absolute atomic E-state index is 13.6. The van der Waals surface area contributed by atoms with Crippen molar-refractivity contribution >= 4 is 29.6 Å². The first-order valence-corrected chi connectivity index (χ1v) is 13.0. The Morgan fingerprint density at radius 1 is 1.42 bits per heavy atom. The van der Waals surface area contributed by atoms with Crippen LogP contribution in [0, 0.1) is 6.92 Å². The Morgan fingerprint density at radius 2 is 2.11 bits per heavy atom. The molecule has 194 valence electrons. The summed E-state index contributed by atoms with van der Waals surface area (Å²) in [7, 11) is -3.01. The van der Waals surface area contributed by atoms with Gasteiger partial charge in [0.15, 0.2) is 0 Å². The zero-order valence-electron chi connectivity index (χ0n) is 19.5. The van der Waals surface area contributed by atoms with E-state index in [2.05, 4.69) is 40.8 Å². The molecule has 36 heavy (non-hydrogen) atoms. The molecule has 1 aromatic carbocycles. The highest BCUT2D eigenvalue weighted by molar-refractivity contribution is 9.10. The average molecular weight is 587 g/mol. The predicted molar refractivity (Wildman–Crippen MR) is 130 cm³/mol. The Balaban J connectivity index is 1.82. The lowest BCUT2D eigenvalue weighted by Crippen LogP contribution is -2.36. The van der Waals surface area contributed by atoms with Crippen molar-refractivity contribution in [3.8, 4) is 5.75 Å². The van der Waals surface area contributed by atoms with Gasteiger partial charge in [-0.15, -0.1) is 0 Å². The summed E-state index contributed by atoms with van der Waals surface area (Å²) in [5, 5.41) is 6.22. The molecule has 1 aromatic heterocycles. The van der Waals surface area contributed by atoms with Gasteiger partial charge in [-0.2, -0.15) is 5.09 Å². The molecule has 14 nitrogen and oxygen atoms in total. The first-order chi connectivity index (χ1) is 17.0. The molecule has 2 heterocycles. The van der Waals surface area contributed by atoms with Gasteiger partial charge >= 0.3 is 19.4 Å². The topological polar surface area (TPSA) is 187 Å². The quantitative estimate of drug-likeness (QED) is 0.139. The second kappa shape index (κ2) is 11.9. The lowest BCUT2D eigenvalue weighted by atomic mass is 10.1. The zero-order valence-corrected chi connectivity index (χ0v) is 22.0. The summed E-state index contributed by atoms with van der Waals surface area (Å²) >= 11 is 3.30. The molecule has 0 bridgehead atoms. The van der Waals surface area contributed by atoms with Crippen molar-refractivity contribution in [2.45, 2.75) is 44.7 Å². The number of hydrogen-bond acceptors (Lipinski definition) is 9. The lowest BCUT2D eigenvalue weighted by Gasteiger charge is -2.24. The van der Waals surface area contributed by atoms with Gasteiger partial charge in [0.2, 0.25) is 0 Å². The minimum atomic E-state index is -4.19. The zero-order chi connectivity index (χ0) is 26.5. The number of esters is 1. The van der Waals surface area contributed by atoms with E-state index in [1.54, 1.807) is 24.3 Å². The molecule has 5 unspecified atom stereocenters. The number of H-pyrrole nitrogens is 1. The highest BCUT2D eigenvalue weighted by Crippen LogP contribution is 2.46. The summed E-state index contributed by atoms with van der Waals surface area (Å²) in [6.07, 6.45) is -0.385. The molecular weight excluding hydrogens is 563 g/mol. The minimum Gasteiger partial charge on any atom is -0.468 e. The average Bonchev–Trinajstić information content (AvgIpc) is 3.23. The number of aromatic nitrogens is 2. The third-order valence-electron chi connectivity index (χ3n) is 5.21. The third-order valence-corrected chi connectivity index (χ3v) is 7.39. The summed E-state index contributed by atoms with van der Waals surface area (Å²) in [5.74, 6) is -0.506. The number of carbonyl (C=O) groups is 1. The van der Waals surface area contributed by atoms with Gasteiger partial charge in [0.25, 0.3) is 5.56 Å². The molecule has 1 aliphatic rings. The van der Waals surface area contributed by atoms with Gasteiger partial charge in [-0.25, -0.2) is 9.36 Å². The highest BCUT2D eigenvalue weighted by atomic mass is 79.9. The highest BCUT2D eigenvalue weighted by Gasteiger charge is 2.40. The predicted octanol–water partition coefficient (Wildman–Crippen LogP) is 2.93. The van der Waals surface area contributed by atoms with E-state index >= 15 is 0 Å². The van der Waals surface area contributed by atoms with Gasteiger partial charge in [0.1, 0.15) is 18.0 Å². The van der Waals surface area contributed by atoms with E-state index in [1.807, 2.05) is 0 Å². The van der Waals surface area contributed by atoms with Crippen LogP contribution in [0.5, 0.6) is 5.75 Å². The first-order valence-electron chi connectivity index (χ1n) is 10.6. The molecule has 16 heteroatoms. The fourth-order valence-corrected chi connectivity index (χ4v) is 5.15. The number of halogens is 1. The summed E-state index contributed by atoms with van der Waals surface area (Å²) < 4.78 is 37.2. The lowest BCUT2D eigenvalue weighted by molar-refractivity contribution is -0.142. The van der Waals surface area contributed by atoms with Crippen molar-refractivity contribution in [3.63, 3.8) is 0 Å². The number of nitrogens with zero attached hydrogens (tertiary/aromatic N) is 4. The van der Waals surface area contributed by atoms with E-state index in [4.69, 9.17) is 19.3 Å². The van der Waals surface area contributed by atoms with Gasteiger partial charge in [-0.05, 0) is 43.6 Å². The smallest absolute Gasteiger partial charge is 0.459 e. The van der Waals surface area contributed by atoms with Gasteiger partial charge < -0.3 is 14.0 Å². The second-order valence-corrected chi connectivity index (χ2v) is 10.4. The standard InChI is InChI=1S/C20H24BrN6O8P/c1-11-9-27(20(30)23-18(11)28)17-8-15(24-26-22)16(34-17)10-33-36(31,25-12(2)19(29)32-3)35-14-6-4-13(21)5-7-14/h4-7,9,12,15-17H,8,10H2,1-3H3,(H,25,31)(H,23,28,30). The Bertz CT molecular complexity index is 1310. The van der Waals surface area contributed by atoms with Crippen molar-refractivity contribution < 1.29 is 27.9 Å².